The third-order valence-electron chi connectivity index (χ3n) is 5.52. The fourth-order valence-electron chi connectivity index (χ4n) is 3.91. The summed E-state index contributed by atoms with van der Waals surface area (Å²) in [6.07, 6.45) is -2.21. The van der Waals surface area contributed by atoms with E-state index < -0.39 is 17.7 Å². The number of nitrogens with zero attached hydrogens (tertiary/aromatic N) is 2. The molecule has 7 nitrogen and oxygen atoms in total. The molecule has 1 aromatic carbocycles. The second-order valence-electron chi connectivity index (χ2n) is 9.19. The number of halogens is 3. The third kappa shape index (κ3) is 7.46. The minimum Gasteiger partial charge on any atom is -0.475 e. The number of carboxylic acids is 1. The summed E-state index contributed by atoms with van der Waals surface area (Å²) in [7, 11) is 0. The van der Waals surface area contributed by atoms with Crippen LogP contribution in [0.1, 0.15) is 56.7 Å². The largest absolute Gasteiger partial charge is 0.490 e. The molecular weight excluding hydrogens is 453 g/mol. The molecule has 1 aliphatic heterocycles. The van der Waals surface area contributed by atoms with Crippen molar-refractivity contribution in [2.45, 2.75) is 64.8 Å². The predicted octanol–water partition coefficient (Wildman–Crippen LogP) is 4.33. The molecule has 1 saturated heterocycles. The van der Waals surface area contributed by atoms with Crippen molar-refractivity contribution in [3.63, 3.8) is 0 Å². The molecular formula is C24H33F3N2O5. The zero-order valence-electron chi connectivity index (χ0n) is 20.0. The van der Waals surface area contributed by atoms with Crippen molar-refractivity contribution in [2.24, 2.45) is 0 Å². The second kappa shape index (κ2) is 11.2. The average Bonchev–Trinajstić information content (AvgIpc) is 3.10. The Hall–Kier alpha value is -2.59. The van der Waals surface area contributed by atoms with Gasteiger partial charge in [-0.15, -0.1) is 0 Å². The number of unbranched alkanes of at least 4 members (excludes halogenated alkanes) is 1. The van der Waals surface area contributed by atoms with E-state index in [9.17, 15) is 23.1 Å². The van der Waals surface area contributed by atoms with Crippen LogP contribution < -0.4 is 0 Å². The number of fused-ring (bicyclic) bond motifs is 1. The number of piperazine rings is 1. The highest BCUT2D eigenvalue weighted by Gasteiger charge is 2.38. The summed E-state index contributed by atoms with van der Waals surface area (Å²) in [5.74, 6) is -1.87. The second-order valence-corrected chi connectivity index (χ2v) is 9.19. The van der Waals surface area contributed by atoms with Gasteiger partial charge in [-0.25, -0.2) is 4.79 Å². The number of furan rings is 1. The summed E-state index contributed by atoms with van der Waals surface area (Å²) >= 11 is 0. The highest BCUT2D eigenvalue weighted by atomic mass is 19.4. The van der Waals surface area contributed by atoms with Crippen LogP contribution in [0.2, 0.25) is 0 Å². The Morgan fingerprint density at radius 3 is 2.32 bits per heavy atom. The first-order valence-electron chi connectivity index (χ1n) is 11.3. The molecule has 2 N–H and O–H groups in total. The summed E-state index contributed by atoms with van der Waals surface area (Å²) < 4.78 is 37.8. The summed E-state index contributed by atoms with van der Waals surface area (Å²) in [5, 5.41) is 18.2. The van der Waals surface area contributed by atoms with Gasteiger partial charge in [-0.3, -0.25) is 9.69 Å². The minimum atomic E-state index is -5.08. The molecule has 1 fully saturated rings. The molecule has 0 saturated carbocycles. The Bertz CT molecular complexity index is 981. The zero-order valence-corrected chi connectivity index (χ0v) is 20.0. The summed E-state index contributed by atoms with van der Waals surface area (Å²) in [6.45, 7) is 10.7. The smallest absolute Gasteiger partial charge is 0.475 e. The highest BCUT2D eigenvalue weighted by molar-refractivity contribution is 6.07. The van der Waals surface area contributed by atoms with Gasteiger partial charge in [-0.2, -0.15) is 13.2 Å². The van der Waals surface area contributed by atoms with Crippen LogP contribution in [0, 0.1) is 0 Å². The minimum absolute atomic E-state index is 0.0702. The molecule has 1 aromatic heterocycles. The third-order valence-corrected chi connectivity index (χ3v) is 5.52. The molecule has 34 heavy (non-hydrogen) atoms. The lowest BCUT2D eigenvalue weighted by atomic mass is 10.0. The van der Waals surface area contributed by atoms with Gasteiger partial charge >= 0.3 is 12.1 Å². The Balaban J connectivity index is 0.000000509. The van der Waals surface area contributed by atoms with E-state index in [2.05, 4.69) is 18.7 Å². The number of benzene rings is 1. The van der Waals surface area contributed by atoms with Gasteiger partial charge in [-0.05, 0) is 33.3 Å². The first-order valence-corrected chi connectivity index (χ1v) is 11.3. The van der Waals surface area contributed by atoms with Crippen molar-refractivity contribution >= 4 is 22.8 Å². The number of alkyl halides is 3. The summed E-state index contributed by atoms with van der Waals surface area (Å²) in [4.78, 5) is 26.5. The highest BCUT2D eigenvalue weighted by Crippen LogP contribution is 2.29. The van der Waals surface area contributed by atoms with E-state index in [1.165, 1.54) is 0 Å². The zero-order chi connectivity index (χ0) is 25.7. The van der Waals surface area contributed by atoms with E-state index in [1.54, 1.807) is 0 Å². The molecule has 10 heteroatoms. The van der Waals surface area contributed by atoms with Gasteiger partial charge < -0.3 is 19.5 Å². The van der Waals surface area contributed by atoms with Crippen molar-refractivity contribution in [2.75, 3.05) is 26.2 Å². The molecule has 1 amide bonds. The van der Waals surface area contributed by atoms with Crippen LogP contribution in [0.4, 0.5) is 13.2 Å². The van der Waals surface area contributed by atoms with Crippen molar-refractivity contribution in [1.82, 2.24) is 9.80 Å². The number of β-amino-alcohol motifs (C(OH)–C–C–N with tert-alkyl or cyclic N) is 1. The van der Waals surface area contributed by atoms with Crippen molar-refractivity contribution in [3.05, 3.63) is 35.6 Å². The van der Waals surface area contributed by atoms with Crippen molar-refractivity contribution < 1.29 is 37.4 Å². The van der Waals surface area contributed by atoms with E-state index in [-0.39, 0.29) is 11.9 Å². The topological polar surface area (TPSA) is 94.2 Å². The maximum Gasteiger partial charge on any atom is 0.490 e. The number of carboxylic acid groups (broad SMARTS) is 1. The van der Waals surface area contributed by atoms with Crippen LogP contribution >= 0.6 is 0 Å². The van der Waals surface area contributed by atoms with Crippen LogP contribution in [0.3, 0.4) is 0 Å². The Kier molecular flexibility index (Phi) is 9.13. The molecule has 3 rings (SSSR count). The fraction of sp³-hybridized carbons (Fsp3) is 0.583. The number of amides is 1. The molecule has 0 bridgehead atoms. The summed E-state index contributed by atoms with van der Waals surface area (Å²) in [6, 6.07) is 8.04. The lowest BCUT2D eigenvalue weighted by molar-refractivity contribution is -0.192. The van der Waals surface area contributed by atoms with Crippen molar-refractivity contribution in [3.8, 4) is 0 Å². The van der Waals surface area contributed by atoms with Crippen LogP contribution in [0.5, 0.6) is 0 Å². The number of aliphatic carboxylic acids is 1. The lowest BCUT2D eigenvalue weighted by Gasteiger charge is -2.42. The van der Waals surface area contributed by atoms with Gasteiger partial charge in [0.1, 0.15) is 11.3 Å². The van der Waals surface area contributed by atoms with Crippen LogP contribution in [0.15, 0.2) is 28.7 Å². The number of carbonyl (C=O) groups is 2. The van der Waals surface area contributed by atoms with Gasteiger partial charge in [0.2, 0.25) is 0 Å². The quantitative estimate of drug-likeness (QED) is 0.632. The van der Waals surface area contributed by atoms with E-state index in [0.717, 1.165) is 48.1 Å². The molecule has 0 radical (unpaired) electrons. The van der Waals surface area contributed by atoms with E-state index in [1.807, 2.05) is 43.0 Å². The SMILES string of the molecule is CCCCc1oc2ccccc2c1C(=O)N1CCN(CC(C)(C)O)C(C)C1.O=C(O)C(F)(F)F. The predicted molar refractivity (Wildman–Crippen MR) is 122 cm³/mol. The number of aliphatic hydroxyl groups is 1. The van der Waals surface area contributed by atoms with Crippen LogP contribution in [-0.4, -0.2) is 75.9 Å². The summed E-state index contributed by atoms with van der Waals surface area (Å²) in [5.41, 5.74) is 0.803. The standard InChI is InChI=1S/C22H32N2O3.C2HF3O2/c1-5-6-10-19-20(17-9-7-8-11-18(17)27-19)21(25)23-12-13-24(16(2)14-23)15-22(3,4)26;3-2(4,5)1(6)7/h7-9,11,16,26H,5-6,10,12-15H2,1-4H3;(H,6,7). The van der Waals surface area contributed by atoms with Crippen LogP contribution in [0.25, 0.3) is 11.0 Å². The lowest BCUT2D eigenvalue weighted by Crippen LogP contribution is -2.56. The maximum atomic E-state index is 13.4. The van der Waals surface area contributed by atoms with E-state index in [0.29, 0.717) is 19.6 Å². The fourth-order valence-corrected chi connectivity index (χ4v) is 3.91. The molecule has 190 valence electrons. The van der Waals surface area contributed by atoms with Gasteiger partial charge in [0.05, 0.1) is 11.2 Å². The molecule has 1 unspecified atom stereocenters. The number of carbonyl (C=O) groups excluding carboxylic acids is 1. The number of rotatable bonds is 6. The molecule has 2 heterocycles. The first-order chi connectivity index (χ1) is 15.7. The first kappa shape index (κ1) is 27.7. The molecule has 1 aliphatic rings. The van der Waals surface area contributed by atoms with E-state index in [4.69, 9.17) is 14.3 Å². The molecule has 1 atom stereocenters. The van der Waals surface area contributed by atoms with Gasteiger partial charge in [0, 0.05) is 44.0 Å². The molecule has 0 aliphatic carbocycles. The van der Waals surface area contributed by atoms with Gasteiger partial charge in [0.25, 0.3) is 5.91 Å². The number of aryl methyl sites for hydroxylation is 1. The number of para-hydroxylation sites is 1. The molecule has 2 aromatic rings. The van der Waals surface area contributed by atoms with Crippen LogP contribution in [-0.2, 0) is 11.2 Å². The van der Waals surface area contributed by atoms with Gasteiger partial charge in [0.15, 0.2) is 0 Å². The number of hydrogen-bond donors (Lipinski definition) is 2. The van der Waals surface area contributed by atoms with Gasteiger partial charge in [-0.1, -0.05) is 31.5 Å². The van der Waals surface area contributed by atoms with E-state index >= 15 is 0 Å². The maximum absolute atomic E-state index is 13.4. The normalized spacial score (nSPS) is 17.4. The average molecular weight is 487 g/mol. The number of hydrogen-bond acceptors (Lipinski definition) is 5. The Labute approximate surface area is 197 Å². The monoisotopic (exact) mass is 486 g/mol. The molecule has 0 spiro atoms. The Morgan fingerprint density at radius 1 is 1.18 bits per heavy atom. The Morgan fingerprint density at radius 2 is 1.79 bits per heavy atom. The van der Waals surface area contributed by atoms with Crippen molar-refractivity contribution in [1.29, 1.82) is 0 Å².